The predicted molar refractivity (Wildman–Crippen MR) is 78.2 cm³/mol. The zero-order valence-electron chi connectivity index (χ0n) is 11.0. The van der Waals surface area contributed by atoms with E-state index in [1.165, 1.54) is 6.07 Å². The number of alkyl halides is 1. The number of hydrogen-bond acceptors (Lipinski definition) is 3. The molecule has 0 fully saturated rings. The molecule has 0 atom stereocenters. The van der Waals surface area contributed by atoms with Crippen LogP contribution in [0.25, 0.3) is 0 Å². The fourth-order valence-electron chi connectivity index (χ4n) is 1.93. The van der Waals surface area contributed by atoms with E-state index in [0.717, 1.165) is 11.1 Å². The summed E-state index contributed by atoms with van der Waals surface area (Å²) < 4.78 is 5.72. The maximum Gasteiger partial charge on any atom is 0.272 e. The summed E-state index contributed by atoms with van der Waals surface area (Å²) in [5, 5.41) is 10.9. The highest BCUT2D eigenvalue weighted by molar-refractivity contribution is 6.17. The molecule has 5 heteroatoms. The molecule has 0 saturated carbocycles. The summed E-state index contributed by atoms with van der Waals surface area (Å²) in [5.41, 5.74) is 2.43. The second-order valence-electron chi connectivity index (χ2n) is 4.35. The molecule has 0 spiro atoms. The number of benzene rings is 2. The SMILES string of the molecule is Cc1c(COc2ccccc2CCl)cccc1[N+](=O)[O-]. The van der Waals surface area contributed by atoms with Crippen LogP contribution in [0.15, 0.2) is 42.5 Å². The Balaban J connectivity index is 2.19. The molecule has 4 nitrogen and oxygen atoms in total. The molecule has 0 amide bonds. The van der Waals surface area contributed by atoms with Gasteiger partial charge in [0.05, 0.1) is 10.8 Å². The molecular weight excluding hydrogens is 278 g/mol. The van der Waals surface area contributed by atoms with Crippen molar-refractivity contribution in [3.63, 3.8) is 0 Å². The van der Waals surface area contributed by atoms with Crippen LogP contribution in [0.4, 0.5) is 5.69 Å². The second-order valence-corrected chi connectivity index (χ2v) is 4.62. The molecular formula is C15H14ClNO3. The van der Waals surface area contributed by atoms with Gasteiger partial charge in [-0.2, -0.15) is 0 Å². The van der Waals surface area contributed by atoms with Crippen molar-refractivity contribution in [3.05, 3.63) is 69.3 Å². The summed E-state index contributed by atoms with van der Waals surface area (Å²) in [6, 6.07) is 12.5. The molecule has 0 N–H and O–H groups in total. The van der Waals surface area contributed by atoms with Gasteiger partial charge in [-0.1, -0.05) is 30.3 Å². The van der Waals surface area contributed by atoms with Crippen LogP contribution in [0.1, 0.15) is 16.7 Å². The molecule has 0 bridgehead atoms. The van der Waals surface area contributed by atoms with Gasteiger partial charge in [-0.3, -0.25) is 10.1 Å². The third-order valence-electron chi connectivity index (χ3n) is 3.11. The first-order valence-corrected chi connectivity index (χ1v) is 6.66. The van der Waals surface area contributed by atoms with Gasteiger partial charge in [0, 0.05) is 17.2 Å². The fourth-order valence-corrected chi connectivity index (χ4v) is 2.16. The number of nitro groups is 1. The van der Waals surface area contributed by atoms with Crippen LogP contribution in [-0.4, -0.2) is 4.92 Å². The van der Waals surface area contributed by atoms with E-state index in [-0.39, 0.29) is 17.2 Å². The van der Waals surface area contributed by atoms with Crippen LogP contribution in [0.5, 0.6) is 5.75 Å². The summed E-state index contributed by atoms with van der Waals surface area (Å²) in [6.07, 6.45) is 0. The quantitative estimate of drug-likeness (QED) is 0.471. The molecule has 0 aliphatic rings. The topological polar surface area (TPSA) is 52.4 Å². The summed E-state index contributed by atoms with van der Waals surface area (Å²) in [5.74, 6) is 1.07. The Bertz CT molecular complexity index is 628. The van der Waals surface area contributed by atoms with Crippen molar-refractivity contribution in [3.8, 4) is 5.75 Å². The molecule has 2 rings (SSSR count). The van der Waals surface area contributed by atoms with E-state index in [2.05, 4.69) is 0 Å². The lowest BCUT2D eigenvalue weighted by Gasteiger charge is -2.11. The minimum absolute atomic E-state index is 0.108. The highest BCUT2D eigenvalue weighted by Crippen LogP contribution is 2.24. The van der Waals surface area contributed by atoms with Gasteiger partial charge < -0.3 is 4.74 Å². The standard InChI is InChI=1S/C15H14ClNO3/c1-11-13(6-4-7-14(11)17(18)19)10-20-15-8-3-2-5-12(15)9-16/h2-8H,9-10H2,1H3. The van der Waals surface area contributed by atoms with E-state index in [0.29, 0.717) is 17.2 Å². The van der Waals surface area contributed by atoms with Gasteiger partial charge in [0.1, 0.15) is 12.4 Å². The normalized spacial score (nSPS) is 10.3. The lowest BCUT2D eigenvalue weighted by Crippen LogP contribution is -2.02. The smallest absolute Gasteiger partial charge is 0.272 e. The van der Waals surface area contributed by atoms with Crippen molar-refractivity contribution < 1.29 is 9.66 Å². The van der Waals surface area contributed by atoms with Crippen molar-refractivity contribution in [2.75, 3.05) is 0 Å². The second kappa shape index (κ2) is 6.39. The van der Waals surface area contributed by atoms with Gasteiger partial charge in [0.25, 0.3) is 5.69 Å². The van der Waals surface area contributed by atoms with Crippen molar-refractivity contribution in [2.24, 2.45) is 0 Å². The first-order valence-electron chi connectivity index (χ1n) is 6.13. The molecule has 0 aromatic heterocycles. The molecule has 104 valence electrons. The maximum atomic E-state index is 10.9. The Kier molecular flexibility index (Phi) is 4.58. The summed E-state index contributed by atoms with van der Waals surface area (Å²) in [7, 11) is 0. The first kappa shape index (κ1) is 14.3. The Morgan fingerprint density at radius 2 is 1.85 bits per heavy atom. The Hall–Kier alpha value is -2.07. The molecule has 0 aliphatic carbocycles. The molecule has 0 unspecified atom stereocenters. The Morgan fingerprint density at radius 3 is 2.55 bits per heavy atom. The lowest BCUT2D eigenvalue weighted by atomic mass is 10.1. The molecule has 0 radical (unpaired) electrons. The lowest BCUT2D eigenvalue weighted by molar-refractivity contribution is -0.385. The van der Waals surface area contributed by atoms with E-state index in [1.807, 2.05) is 30.3 Å². The van der Waals surface area contributed by atoms with Gasteiger partial charge in [0.15, 0.2) is 0 Å². The highest BCUT2D eigenvalue weighted by Gasteiger charge is 2.13. The van der Waals surface area contributed by atoms with E-state index in [1.54, 1.807) is 13.0 Å². The van der Waals surface area contributed by atoms with Gasteiger partial charge >= 0.3 is 0 Å². The number of para-hydroxylation sites is 1. The zero-order chi connectivity index (χ0) is 14.5. The molecule has 0 aliphatic heterocycles. The van der Waals surface area contributed by atoms with Crippen molar-refractivity contribution in [1.29, 1.82) is 0 Å². The van der Waals surface area contributed by atoms with E-state index in [9.17, 15) is 10.1 Å². The van der Waals surface area contributed by atoms with Crippen molar-refractivity contribution in [1.82, 2.24) is 0 Å². The van der Waals surface area contributed by atoms with Crippen LogP contribution in [0.3, 0.4) is 0 Å². The third-order valence-corrected chi connectivity index (χ3v) is 3.40. The third kappa shape index (κ3) is 3.08. The summed E-state index contributed by atoms with van der Waals surface area (Å²) >= 11 is 5.84. The number of hydrogen-bond donors (Lipinski definition) is 0. The van der Waals surface area contributed by atoms with Crippen LogP contribution in [0.2, 0.25) is 0 Å². The molecule has 0 saturated heterocycles. The van der Waals surface area contributed by atoms with Gasteiger partial charge in [0.2, 0.25) is 0 Å². The Labute approximate surface area is 122 Å². The van der Waals surface area contributed by atoms with Crippen molar-refractivity contribution in [2.45, 2.75) is 19.4 Å². The number of nitrogens with zero attached hydrogens (tertiary/aromatic N) is 1. The van der Waals surface area contributed by atoms with Crippen LogP contribution in [-0.2, 0) is 12.5 Å². The van der Waals surface area contributed by atoms with Crippen LogP contribution in [0, 0.1) is 17.0 Å². The van der Waals surface area contributed by atoms with E-state index in [4.69, 9.17) is 16.3 Å². The number of ether oxygens (including phenoxy) is 1. The van der Waals surface area contributed by atoms with Gasteiger partial charge in [-0.05, 0) is 18.6 Å². The first-order chi connectivity index (χ1) is 9.63. The highest BCUT2D eigenvalue weighted by atomic mass is 35.5. The number of halogens is 1. The van der Waals surface area contributed by atoms with Gasteiger partial charge in [-0.25, -0.2) is 0 Å². The average molecular weight is 292 g/mol. The monoisotopic (exact) mass is 291 g/mol. The van der Waals surface area contributed by atoms with E-state index < -0.39 is 0 Å². The van der Waals surface area contributed by atoms with Crippen LogP contribution >= 0.6 is 11.6 Å². The number of rotatable bonds is 5. The van der Waals surface area contributed by atoms with Crippen LogP contribution < -0.4 is 4.74 Å². The molecule has 2 aromatic rings. The largest absolute Gasteiger partial charge is 0.489 e. The minimum atomic E-state index is -0.383. The van der Waals surface area contributed by atoms with Gasteiger partial charge in [-0.15, -0.1) is 11.6 Å². The average Bonchev–Trinajstić information content (AvgIpc) is 2.46. The van der Waals surface area contributed by atoms with E-state index >= 15 is 0 Å². The molecule has 0 heterocycles. The Morgan fingerprint density at radius 1 is 1.15 bits per heavy atom. The summed E-state index contributed by atoms with van der Waals surface area (Å²) in [4.78, 5) is 10.5. The minimum Gasteiger partial charge on any atom is -0.489 e. The number of nitro benzene ring substituents is 1. The zero-order valence-corrected chi connectivity index (χ0v) is 11.8. The summed E-state index contributed by atoms with van der Waals surface area (Å²) in [6.45, 7) is 2.01. The van der Waals surface area contributed by atoms with Crippen molar-refractivity contribution >= 4 is 17.3 Å². The fraction of sp³-hybridized carbons (Fsp3) is 0.200. The molecule has 2 aromatic carbocycles. The molecule has 20 heavy (non-hydrogen) atoms. The predicted octanol–water partition coefficient (Wildman–Crippen LogP) is 4.22. The maximum absolute atomic E-state index is 10.9.